The Balaban J connectivity index is 1.36. The molecule has 1 unspecified atom stereocenters. The van der Waals surface area contributed by atoms with Crippen LogP contribution in [0.15, 0.2) is 42.5 Å². The second kappa shape index (κ2) is 13.2. The highest BCUT2D eigenvalue weighted by Gasteiger charge is 2.22. The van der Waals surface area contributed by atoms with E-state index in [1.807, 2.05) is 36.4 Å². The Morgan fingerprint density at radius 1 is 1.06 bits per heavy atom. The molecule has 1 atom stereocenters. The Kier molecular flexibility index (Phi) is 10.0. The fourth-order valence-corrected chi connectivity index (χ4v) is 5.16. The van der Waals surface area contributed by atoms with E-state index >= 15 is 0 Å². The van der Waals surface area contributed by atoms with Crippen molar-refractivity contribution in [1.82, 2.24) is 10.6 Å². The maximum Gasteiger partial charge on any atom is 0.408 e. The van der Waals surface area contributed by atoms with E-state index in [4.69, 9.17) is 4.74 Å². The number of nitrogens with one attached hydrogen (secondary N) is 2. The van der Waals surface area contributed by atoms with Crippen LogP contribution in [0.5, 0.6) is 0 Å². The van der Waals surface area contributed by atoms with E-state index in [0.717, 1.165) is 29.2 Å². The van der Waals surface area contributed by atoms with Crippen molar-refractivity contribution in [3.8, 4) is 0 Å². The molecule has 0 aliphatic carbocycles. The molecule has 0 saturated carbocycles. The molecule has 1 saturated heterocycles. The number of alkyl carbamates (subject to hydrolysis) is 1. The molecule has 1 aliphatic rings. The molecule has 174 valence electrons. The molecule has 0 bridgehead atoms. The average Bonchev–Trinajstić information content (AvgIpc) is 3.25. The standard InChI is InChI=1S/C25H34N2O4S/c28-24(29)23(27-25(30)31-18-20-8-4-1-5-9-20)17-22-12-11-21(32-22)10-6-2-3-7-19-13-15-26-16-14-19/h1,4-5,8-9,11-12,19,23,26H,2-3,6-7,10,13-18H2,(H,27,30)(H,28,29). The third-order valence-electron chi connectivity index (χ3n) is 5.92. The summed E-state index contributed by atoms with van der Waals surface area (Å²) in [6, 6.07) is 12.4. The number of carbonyl (C=O) groups excluding carboxylic acids is 1. The number of unbranched alkanes of at least 4 members (excludes halogenated alkanes) is 2. The normalized spacial score (nSPS) is 15.2. The monoisotopic (exact) mass is 458 g/mol. The third-order valence-corrected chi connectivity index (χ3v) is 7.09. The number of ether oxygens (including phenoxy) is 1. The number of carboxylic acids is 1. The summed E-state index contributed by atoms with van der Waals surface area (Å²) in [5.41, 5.74) is 0.855. The molecule has 1 aromatic carbocycles. The molecule has 0 spiro atoms. The van der Waals surface area contributed by atoms with Crippen molar-refractivity contribution in [2.24, 2.45) is 5.92 Å². The first-order valence-electron chi connectivity index (χ1n) is 11.6. The minimum atomic E-state index is -1.06. The molecule has 7 heteroatoms. The fourth-order valence-electron chi connectivity index (χ4n) is 4.05. The lowest BCUT2D eigenvalue weighted by molar-refractivity contribution is -0.139. The molecular weight excluding hydrogens is 424 g/mol. The molecule has 1 aliphatic heterocycles. The maximum absolute atomic E-state index is 12.0. The van der Waals surface area contributed by atoms with Crippen molar-refractivity contribution in [3.63, 3.8) is 0 Å². The summed E-state index contributed by atoms with van der Waals surface area (Å²) in [6.45, 7) is 2.44. The number of carboxylic acid groups (broad SMARTS) is 1. The highest BCUT2D eigenvalue weighted by Crippen LogP contribution is 2.23. The van der Waals surface area contributed by atoms with Gasteiger partial charge in [-0.05, 0) is 62.4 Å². The molecule has 3 rings (SSSR count). The van der Waals surface area contributed by atoms with Crippen LogP contribution in [0.25, 0.3) is 0 Å². The molecule has 6 nitrogen and oxygen atoms in total. The van der Waals surface area contributed by atoms with Gasteiger partial charge >= 0.3 is 12.1 Å². The lowest BCUT2D eigenvalue weighted by Crippen LogP contribution is -2.42. The zero-order chi connectivity index (χ0) is 22.6. The molecular formula is C25H34N2O4S. The third kappa shape index (κ3) is 8.63. The molecule has 1 amide bonds. The fraction of sp³-hybridized carbons (Fsp3) is 0.520. The van der Waals surface area contributed by atoms with Crippen LogP contribution in [0.1, 0.15) is 53.8 Å². The summed E-state index contributed by atoms with van der Waals surface area (Å²) in [5, 5.41) is 15.4. The number of carbonyl (C=O) groups is 2. The Hall–Kier alpha value is -2.38. The summed E-state index contributed by atoms with van der Waals surface area (Å²) in [5.74, 6) is -0.168. The van der Waals surface area contributed by atoms with Gasteiger partial charge in [-0.2, -0.15) is 0 Å². The van der Waals surface area contributed by atoms with Crippen LogP contribution >= 0.6 is 11.3 Å². The molecule has 2 heterocycles. The van der Waals surface area contributed by atoms with Gasteiger partial charge in [0.1, 0.15) is 12.6 Å². The van der Waals surface area contributed by atoms with Gasteiger partial charge in [-0.1, -0.05) is 49.6 Å². The number of aliphatic carboxylic acids is 1. The molecule has 0 radical (unpaired) electrons. The van der Waals surface area contributed by atoms with Gasteiger partial charge in [0.25, 0.3) is 0 Å². The minimum Gasteiger partial charge on any atom is -0.480 e. The summed E-state index contributed by atoms with van der Waals surface area (Å²) in [4.78, 5) is 25.9. The highest BCUT2D eigenvalue weighted by atomic mass is 32.1. The number of hydrogen-bond donors (Lipinski definition) is 3. The SMILES string of the molecule is O=C(NC(Cc1ccc(CCCCCC2CCNCC2)s1)C(=O)O)OCc1ccccc1. The van der Waals surface area contributed by atoms with Crippen LogP contribution in [-0.4, -0.2) is 36.3 Å². The van der Waals surface area contributed by atoms with Crippen molar-refractivity contribution in [2.75, 3.05) is 13.1 Å². The predicted octanol–water partition coefficient (Wildman–Crippen LogP) is 4.77. The van der Waals surface area contributed by atoms with Gasteiger partial charge in [0, 0.05) is 16.2 Å². The van der Waals surface area contributed by atoms with Crippen molar-refractivity contribution in [1.29, 1.82) is 0 Å². The van der Waals surface area contributed by atoms with Gasteiger partial charge in [-0.3, -0.25) is 0 Å². The van der Waals surface area contributed by atoms with E-state index in [1.165, 1.54) is 50.1 Å². The molecule has 1 fully saturated rings. The molecule has 32 heavy (non-hydrogen) atoms. The van der Waals surface area contributed by atoms with Crippen molar-refractivity contribution >= 4 is 23.4 Å². The van der Waals surface area contributed by atoms with E-state index < -0.39 is 18.1 Å². The summed E-state index contributed by atoms with van der Waals surface area (Å²) < 4.78 is 5.16. The van der Waals surface area contributed by atoms with Gasteiger partial charge < -0.3 is 20.5 Å². The first-order chi connectivity index (χ1) is 15.6. The Morgan fingerprint density at radius 2 is 1.81 bits per heavy atom. The van der Waals surface area contributed by atoms with Crippen LogP contribution in [0, 0.1) is 5.92 Å². The number of piperidine rings is 1. The van der Waals surface area contributed by atoms with E-state index in [9.17, 15) is 14.7 Å². The Bertz CT molecular complexity index is 833. The van der Waals surface area contributed by atoms with Gasteiger partial charge in [0.05, 0.1) is 0 Å². The highest BCUT2D eigenvalue weighted by molar-refractivity contribution is 7.12. The van der Waals surface area contributed by atoms with Gasteiger partial charge in [0.15, 0.2) is 0 Å². The topological polar surface area (TPSA) is 87.7 Å². The molecule has 1 aromatic heterocycles. The van der Waals surface area contributed by atoms with Crippen LogP contribution in [0.4, 0.5) is 4.79 Å². The van der Waals surface area contributed by atoms with Crippen LogP contribution < -0.4 is 10.6 Å². The number of rotatable bonds is 12. The van der Waals surface area contributed by atoms with Crippen LogP contribution in [0.2, 0.25) is 0 Å². The molecule has 2 aromatic rings. The Morgan fingerprint density at radius 3 is 2.56 bits per heavy atom. The summed E-state index contributed by atoms with van der Waals surface area (Å²) >= 11 is 1.64. The minimum absolute atomic E-state index is 0.111. The predicted molar refractivity (Wildman–Crippen MR) is 127 cm³/mol. The van der Waals surface area contributed by atoms with E-state index in [2.05, 4.69) is 16.7 Å². The molecule has 3 N–H and O–H groups in total. The van der Waals surface area contributed by atoms with Gasteiger partial charge in [-0.25, -0.2) is 9.59 Å². The zero-order valence-corrected chi connectivity index (χ0v) is 19.4. The lowest BCUT2D eigenvalue weighted by atomic mass is 9.92. The zero-order valence-electron chi connectivity index (χ0n) is 18.6. The first kappa shape index (κ1) is 24.3. The number of benzene rings is 1. The lowest BCUT2D eigenvalue weighted by Gasteiger charge is -2.22. The second-order valence-electron chi connectivity index (χ2n) is 8.46. The quantitative estimate of drug-likeness (QED) is 0.399. The van der Waals surface area contributed by atoms with Crippen molar-refractivity contribution in [2.45, 2.75) is 64.0 Å². The summed E-state index contributed by atoms with van der Waals surface area (Å²) in [6.07, 6.45) is 8.23. The average molecular weight is 459 g/mol. The van der Waals surface area contributed by atoms with E-state index in [1.54, 1.807) is 11.3 Å². The largest absolute Gasteiger partial charge is 0.480 e. The number of amides is 1. The number of thiophene rings is 1. The van der Waals surface area contributed by atoms with Crippen molar-refractivity contribution < 1.29 is 19.4 Å². The van der Waals surface area contributed by atoms with Crippen molar-refractivity contribution in [3.05, 3.63) is 57.8 Å². The van der Waals surface area contributed by atoms with Crippen LogP contribution in [-0.2, 0) is 29.0 Å². The number of aryl methyl sites for hydroxylation is 1. The second-order valence-corrected chi connectivity index (χ2v) is 9.71. The smallest absolute Gasteiger partial charge is 0.408 e. The van der Waals surface area contributed by atoms with E-state index in [0.29, 0.717) is 0 Å². The van der Waals surface area contributed by atoms with Crippen LogP contribution in [0.3, 0.4) is 0 Å². The number of hydrogen-bond acceptors (Lipinski definition) is 5. The van der Waals surface area contributed by atoms with Gasteiger partial charge in [0.2, 0.25) is 0 Å². The Labute approximate surface area is 194 Å². The maximum atomic E-state index is 12.0. The van der Waals surface area contributed by atoms with Gasteiger partial charge in [-0.15, -0.1) is 11.3 Å². The first-order valence-corrected chi connectivity index (χ1v) is 12.4. The summed E-state index contributed by atoms with van der Waals surface area (Å²) in [7, 11) is 0. The van der Waals surface area contributed by atoms with E-state index in [-0.39, 0.29) is 13.0 Å².